The Labute approximate surface area is 134 Å². The fourth-order valence-electron chi connectivity index (χ4n) is 4.27. The zero-order chi connectivity index (χ0) is 16.1. The van der Waals surface area contributed by atoms with E-state index in [-0.39, 0.29) is 18.4 Å². The van der Waals surface area contributed by atoms with Crippen molar-refractivity contribution in [2.75, 3.05) is 26.2 Å². The normalized spacial score (nSPS) is 31.6. The van der Waals surface area contributed by atoms with Crippen molar-refractivity contribution >= 4 is 0 Å². The monoisotopic (exact) mass is 325 g/mol. The van der Waals surface area contributed by atoms with Crippen LogP contribution in [0.1, 0.15) is 24.8 Å². The second-order valence-corrected chi connectivity index (χ2v) is 7.79. The first-order valence-electron chi connectivity index (χ1n) is 8.28. The highest BCUT2D eigenvalue weighted by Gasteiger charge is 2.72. The number of halogens is 3. The van der Waals surface area contributed by atoms with Crippen molar-refractivity contribution in [3.63, 3.8) is 0 Å². The molecular formula is C18H22F3NO. The van der Waals surface area contributed by atoms with Crippen molar-refractivity contribution in [1.82, 2.24) is 4.90 Å². The van der Waals surface area contributed by atoms with Gasteiger partial charge in [-0.05, 0) is 18.4 Å². The summed E-state index contributed by atoms with van der Waals surface area (Å²) in [5.41, 5.74) is 0.0516. The van der Waals surface area contributed by atoms with Gasteiger partial charge in [-0.1, -0.05) is 30.3 Å². The molecule has 1 saturated heterocycles. The minimum atomic E-state index is -2.63. The average Bonchev–Trinajstić information content (AvgIpc) is 2.97. The molecule has 0 aromatic heterocycles. The minimum absolute atomic E-state index is 0.0874. The topological polar surface area (TPSA) is 12.5 Å². The summed E-state index contributed by atoms with van der Waals surface area (Å²) in [7, 11) is 0. The average molecular weight is 325 g/mol. The van der Waals surface area contributed by atoms with Gasteiger partial charge in [-0.2, -0.15) is 0 Å². The van der Waals surface area contributed by atoms with Gasteiger partial charge in [0.25, 0.3) is 5.92 Å². The van der Waals surface area contributed by atoms with E-state index in [9.17, 15) is 13.2 Å². The number of likely N-dealkylation sites (tertiary alicyclic amines) is 1. The number of ether oxygens (including phenoxy) is 1. The smallest absolute Gasteiger partial charge is 0.258 e. The minimum Gasteiger partial charge on any atom is -0.376 e. The molecule has 0 N–H and O–H groups in total. The molecule has 0 unspecified atom stereocenters. The van der Waals surface area contributed by atoms with Crippen LogP contribution in [0.15, 0.2) is 30.3 Å². The van der Waals surface area contributed by atoms with Gasteiger partial charge in [-0.15, -0.1) is 0 Å². The summed E-state index contributed by atoms with van der Waals surface area (Å²) >= 11 is 0. The number of hydrogen-bond acceptors (Lipinski definition) is 2. The van der Waals surface area contributed by atoms with Crippen LogP contribution < -0.4 is 0 Å². The van der Waals surface area contributed by atoms with E-state index in [2.05, 4.69) is 4.90 Å². The number of rotatable bonds is 6. The molecule has 23 heavy (non-hydrogen) atoms. The fraction of sp³-hybridized carbons (Fsp3) is 0.667. The molecule has 3 aliphatic rings. The lowest BCUT2D eigenvalue weighted by atomic mass is 9.62. The van der Waals surface area contributed by atoms with Gasteiger partial charge in [-0.25, -0.2) is 13.2 Å². The molecule has 1 aromatic carbocycles. The van der Waals surface area contributed by atoms with Crippen molar-refractivity contribution in [3.8, 4) is 0 Å². The molecule has 126 valence electrons. The zero-order valence-corrected chi connectivity index (χ0v) is 13.1. The molecule has 2 nitrogen and oxygen atoms in total. The molecule has 3 fully saturated rings. The van der Waals surface area contributed by atoms with Gasteiger partial charge in [0, 0.05) is 31.5 Å². The molecule has 0 bridgehead atoms. The first-order valence-corrected chi connectivity index (χ1v) is 8.28. The van der Waals surface area contributed by atoms with Crippen LogP contribution in [0.2, 0.25) is 0 Å². The molecule has 2 aliphatic carbocycles. The summed E-state index contributed by atoms with van der Waals surface area (Å²) in [4.78, 5) is 2.05. The largest absolute Gasteiger partial charge is 0.376 e. The summed E-state index contributed by atoms with van der Waals surface area (Å²) in [5, 5.41) is 0. The summed E-state index contributed by atoms with van der Waals surface area (Å²) < 4.78 is 46.4. The van der Waals surface area contributed by atoms with E-state index >= 15 is 0 Å². The molecule has 1 aromatic rings. The van der Waals surface area contributed by atoms with Gasteiger partial charge in [-0.3, -0.25) is 0 Å². The number of alkyl halides is 3. The third kappa shape index (κ3) is 2.78. The number of nitrogens with zero attached hydrogens (tertiary/aromatic N) is 1. The lowest BCUT2D eigenvalue weighted by Gasteiger charge is -2.58. The van der Waals surface area contributed by atoms with Gasteiger partial charge in [0.2, 0.25) is 0 Å². The lowest BCUT2D eigenvalue weighted by Crippen LogP contribution is -2.64. The van der Waals surface area contributed by atoms with Crippen LogP contribution in [0.5, 0.6) is 0 Å². The Balaban J connectivity index is 1.28. The van der Waals surface area contributed by atoms with Crippen molar-refractivity contribution in [1.29, 1.82) is 0 Å². The van der Waals surface area contributed by atoms with Crippen LogP contribution >= 0.6 is 0 Å². The van der Waals surface area contributed by atoms with E-state index in [4.69, 9.17) is 4.74 Å². The predicted molar refractivity (Wildman–Crippen MR) is 81.1 cm³/mol. The van der Waals surface area contributed by atoms with E-state index in [1.807, 2.05) is 30.3 Å². The van der Waals surface area contributed by atoms with E-state index in [0.29, 0.717) is 26.0 Å². The van der Waals surface area contributed by atoms with Crippen LogP contribution in [-0.2, 0) is 11.3 Å². The molecule has 1 atom stereocenters. The highest BCUT2D eigenvalue weighted by atomic mass is 19.3. The summed E-state index contributed by atoms with van der Waals surface area (Å²) in [6.45, 7) is 2.36. The van der Waals surface area contributed by atoms with Crippen molar-refractivity contribution < 1.29 is 17.9 Å². The second-order valence-electron chi connectivity index (χ2n) is 7.79. The Hall–Kier alpha value is -1.07. The molecule has 1 heterocycles. The highest BCUT2D eigenvalue weighted by Crippen LogP contribution is 2.62. The number of benzene rings is 1. The summed E-state index contributed by atoms with van der Waals surface area (Å²) in [6.07, 6.45) is 0.446. The van der Waals surface area contributed by atoms with Gasteiger partial charge in [0.1, 0.15) is 6.17 Å². The van der Waals surface area contributed by atoms with Crippen LogP contribution in [0.4, 0.5) is 13.2 Å². The van der Waals surface area contributed by atoms with Crippen molar-refractivity contribution in [3.05, 3.63) is 35.9 Å². The van der Waals surface area contributed by atoms with E-state index in [1.54, 1.807) is 0 Å². The third-order valence-corrected chi connectivity index (χ3v) is 5.65. The van der Waals surface area contributed by atoms with Crippen LogP contribution in [0, 0.1) is 10.8 Å². The van der Waals surface area contributed by atoms with Crippen molar-refractivity contribution in [2.24, 2.45) is 10.8 Å². The van der Waals surface area contributed by atoms with Gasteiger partial charge in [0.05, 0.1) is 18.6 Å². The fourth-order valence-corrected chi connectivity index (χ4v) is 4.27. The lowest BCUT2D eigenvalue weighted by molar-refractivity contribution is -0.120. The SMILES string of the molecule is FC1CC2(C1)CN(C[C@@]1(COCc3ccccc3)CC1(F)F)C2. The molecular weight excluding hydrogens is 303 g/mol. The van der Waals surface area contributed by atoms with E-state index in [1.165, 1.54) is 0 Å². The maximum atomic E-state index is 13.9. The Morgan fingerprint density at radius 1 is 1.13 bits per heavy atom. The maximum Gasteiger partial charge on any atom is 0.258 e. The van der Waals surface area contributed by atoms with Gasteiger partial charge in [0.15, 0.2) is 0 Å². The highest BCUT2D eigenvalue weighted by molar-refractivity contribution is 5.16. The van der Waals surface area contributed by atoms with E-state index in [0.717, 1.165) is 18.7 Å². The Bertz CT molecular complexity index is 565. The van der Waals surface area contributed by atoms with Crippen LogP contribution in [0.25, 0.3) is 0 Å². The molecule has 5 heteroatoms. The van der Waals surface area contributed by atoms with Crippen LogP contribution in [-0.4, -0.2) is 43.2 Å². The molecule has 4 rings (SSSR count). The molecule has 1 aliphatic heterocycles. The standard InChI is InChI=1S/C18H22F3NO/c19-15-6-16(7-15)10-22(11-16)12-17(9-18(17,20)21)13-23-8-14-4-2-1-3-5-14/h1-5,15H,6-13H2/t17-/m1/s1. The van der Waals surface area contributed by atoms with Gasteiger partial charge >= 0.3 is 0 Å². The van der Waals surface area contributed by atoms with E-state index < -0.39 is 17.5 Å². The number of hydrogen-bond donors (Lipinski definition) is 0. The summed E-state index contributed by atoms with van der Waals surface area (Å²) in [6, 6.07) is 9.61. The Kier molecular flexibility index (Phi) is 3.50. The predicted octanol–water partition coefficient (Wildman–Crippen LogP) is 3.66. The van der Waals surface area contributed by atoms with Crippen LogP contribution in [0.3, 0.4) is 0 Å². The van der Waals surface area contributed by atoms with Gasteiger partial charge < -0.3 is 9.64 Å². The summed E-state index contributed by atoms with van der Waals surface area (Å²) in [5.74, 6) is -2.63. The molecule has 2 saturated carbocycles. The van der Waals surface area contributed by atoms with Crippen molar-refractivity contribution in [2.45, 2.75) is 38.0 Å². The Morgan fingerprint density at radius 2 is 1.78 bits per heavy atom. The first kappa shape index (κ1) is 15.5. The zero-order valence-electron chi connectivity index (χ0n) is 13.1. The molecule has 0 amide bonds. The quantitative estimate of drug-likeness (QED) is 0.791. The maximum absolute atomic E-state index is 13.9. The third-order valence-electron chi connectivity index (χ3n) is 5.65. The second kappa shape index (κ2) is 5.21. The first-order chi connectivity index (χ1) is 10.9. The Morgan fingerprint density at radius 3 is 2.35 bits per heavy atom. The molecule has 0 radical (unpaired) electrons. The molecule has 1 spiro atoms.